The molecule has 0 bridgehead atoms. The number of benzene rings is 1. The van der Waals surface area contributed by atoms with Crippen LogP contribution in [0.1, 0.15) is 19.4 Å². The van der Waals surface area contributed by atoms with Gasteiger partial charge in [0.2, 0.25) is 0 Å². The molecule has 0 saturated carbocycles. The average molecular weight is 300 g/mol. The van der Waals surface area contributed by atoms with Crippen LogP contribution in [0.5, 0.6) is 0 Å². The zero-order valence-corrected chi connectivity index (χ0v) is 13.7. The SMILES string of the molecule is CO[C@@H]1C=C[C@@H]2[C@H]1N(CC(C)C)C(=O)N2c1ccc(C)cc1. The second-order valence-corrected chi connectivity index (χ2v) is 6.60. The van der Waals surface area contributed by atoms with Gasteiger partial charge in [-0.2, -0.15) is 0 Å². The highest BCUT2D eigenvalue weighted by molar-refractivity contribution is 5.96. The summed E-state index contributed by atoms with van der Waals surface area (Å²) in [7, 11) is 1.71. The molecule has 0 unspecified atom stereocenters. The van der Waals surface area contributed by atoms with Crippen LogP contribution in [0.2, 0.25) is 0 Å². The lowest BCUT2D eigenvalue weighted by atomic mass is 10.1. The van der Waals surface area contributed by atoms with Gasteiger partial charge in [-0.15, -0.1) is 0 Å². The number of rotatable bonds is 4. The average Bonchev–Trinajstić information content (AvgIpc) is 3.00. The molecule has 1 aromatic carbocycles. The second-order valence-electron chi connectivity index (χ2n) is 6.60. The van der Waals surface area contributed by atoms with Gasteiger partial charge in [-0.05, 0) is 25.0 Å². The van der Waals surface area contributed by atoms with Crippen LogP contribution < -0.4 is 4.90 Å². The quantitative estimate of drug-likeness (QED) is 0.800. The van der Waals surface area contributed by atoms with Crippen LogP contribution in [0, 0.1) is 12.8 Å². The highest BCUT2D eigenvalue weighted by atomic mass is 16.5. The van der Waals surface area contributed by atoms with Crippen molar-refractivity contribution in [2.45, 2.75) is 39.0 Å². The third-order valence-corrected chi connectivity index (χ3v) is 4.44. The van der Waals surface area contributed by atoms with Gasteiger partial charge in [0.15, 0.2) is 0 Å². The Bertz CT molecular complexity index is 579. The van der Waals surface area contributed by atoms with Crippen LogP contribution in [-0.4, -0.2) is 42.8 Å². The van der Waals surface area contributed by atoms with E-state index in [-0.39, 0.29) is 24.2 Å². The molecular formula is C18H24N2O2. The number of anilines is 1. The van der Waals surface area contributed by atoms with Crippen molar-refractivity contribution < 1.29 is 9.53 Å². The molecule has 0 aromatic heterocycles. The Kier molecular flexibility index (Phi) is 3.96. The summed E-state index contributed by atoms with van der Waals surface area (Å²) >= 11 is 0. The van der Waals surface area contributed by atoms with Crippen molar-refractivity contribution in [1.29, 1.82) is 0 Å². The van der Waals surface area contributed by atoms with E-state index in [4.69, 9.17) is 4.74 Å². The van der Waals surface area contributed by atoms with E-state index in [1.165, 1.54) is 5.56 Å². The van der Waals surface area contributed by atoms with E-state index in [1.54, 1.807) is 7.11 Å². The van der Waals surface area contributed by atoms with Gasteiger partial charge < -0.3 is 9.64 Å². The number of hydrogen-bond acceptors (Lipinski definition) is 2. The monoisotopic (exact) mass is 300 g/mol. The number of urea groups is 1. The van der Waals surface area contributed by atoms with E-state index in [1.807, 2.05) is 21.9 Å². The van der Waals surface area contributed by atoms with Gasteiger partial charge in [0.1, 0.15) is 0 Å². The molecule has 3 atom stereocenters. The molecule has 4 heteroatoms. The number of methoxy groups -OCH3 is 1. The fraction of sp³-hybridized carbons (Fsp3) is 0.500. The van der Waals surface area contributed by atoms with Crippen molar-refractivity contribution in [3.05, 3.63) is 42.0 Å². The summed E-state index contributed by atoms with van der Waals surface area (Å²) in [4.78, 5) is 16.8. The fourth-order valence-electron chi connectivity index (χ4n) is 3.44. The fourth-order valence-corrected chi connectivity index (χ4v) is 3.44. The predicted octanol–water partition coefficient (Wildman–Crippen LogP) is 3.22. The number of hydrogen-bond donors (Lipinski definition) is 0. The van der Waals surface area contributed by atoms with E-state index in [9.17, 15) is 4.79 Å². The molecule has 2 amide bonds. The molecular weight excluding hydrogens is 276 g/mol. The van der Waals surface area contributed by atoms with Crippen LogP contribution in [-0.2, 0) is 4.74 Å². The first-order chi connectivity index (χ1) is 10.5. The minimum atomic E-state index is -0.0249. The number of fused-ring (bicyclic) bond motifs is 1. The minimum Gasteiger partial charge on any atom is -0.375 e. The van der Waals surface area contributed by atoms with Crippen molar-refractivity contribution in [3.8, 4) is 0 Å². The topological polar surface area (TPSA) is 32.8 Å². The minimum absolute atomic E-state index is 0.0249. The molecule has 1 aliphatic heterocycles. The van der Waals surface area contributed by atoms with Gasteiger partial charge in [0.25, 0.3) is 0 Å². The first kappa shape index (κ1) is 15.1. The lowest BCUT2D eigenvalue weighted by Crippen LogP contribution is -2.44. The molecule has 118 valence electrons. The van der Waals surface area contributed by atoms with Gasteiger partial charge in [-0.25, -0.2) is 4.79 Å². The number of nitrogens with zero attached hydrogens (tertiary/aromatic N) is 2. The highest BCUT2D eigenvalue weighted by Gasteiger charge is 2.50. The largest absolute Gasteiger partial charge is 0.375 e. The molecule has 0 radical (unpaired) electrons. The number of amides is 2. The molecule has 2 aliphatic rings. The van der Waals surface area contributed by atoms with Crippen LogP contribution in [0.25, 0.3) is 0 Å². The summed E-state index contributed by atoms with van der Waals surface area (Å²) in [6, 6.07) is 8.36. The van der Waals surface area contributed by atoms with Gasteiger partial charge in [-0.3, -0.25) is 4.90 Å². The Hall–Kier alpha value is -1.81. The normalized spacial score (nSPS) is 27.1. The molecule has 3 rings (SSSR count). The Balaban J connectivity index is 1.96. The van der Waals surface area contributed by atoms with Crippen molar-refractivity contribution in [3.63, 3.8) is 0 Å². The first-order valence-corrected chi connectivity index (χ1v) is 7.90. The number of aryl methyl sites for hydroxylation is 1. The predicted molar refractivity (Wildman–Crippen MR) is 88.1 cm³/mol. The van der Waals surface area contributed by atoms with Gasteiger partial charge in [0, 0.05) is 19.3 Å². The lowest BCUT2D eigenvalue weighted by molar-refractivity contribution is 0.0738. The van der Waals surface area contributed by atoms with E-state index in [0.29, 0.717) is 5.92 Å². The second kappa shape index (κ2) is 5.76. The summed E-state index contributed by atoms with van der Waals surface area (Å²) in [5.74, 6) is 0.431. The Morgan fingerprint density at radius 1 is 1.18 bits per heavy atom. The van der Waals surface area contributed by atoms with E-state index in [2.05, 4.69) is 45.1 Å². The lowest BCUT2D eigenvalue weighted by Gasteiger charge is -2.28. The Labute approximate surface area is 132 Å². The Morgan fingerprint density at radius 3 is 2.45 bits per heavy atom. The summed E-state index contributed by atoms with van der Waals surface area (Å²) in [6.45, 7) is 7.09. The molecule has 1 fully saturated rings. The number of ether oxygens (including phenoxy) is 1. The molecule has 4 nitrogen and oxygen atoms in total. The zero-order valence-electron chi connectivity index (χ0n) is 13.7. The van der Waals surface area contributed by atoms with Crippen molar-refractivity contribution >= 4 is 11.7 Å². The maximum atomic E-state index is 13.0. The van der Waals surface area contributed by atoms with E-state index < -0.39 is 0 Å². The van der Waals surface area contributed by atoms with E-state index in [0.717, 1.165) is 12.2 Å². The van der Waals surface area contributed by atoms with Gasteiger partial charge in [0.05, 0.1) is 18.2 Å². The van der Waals surface area contributed by atoms with Crippen LogP contribution in [0.4, 0.5) is 10.5 Å². The smallest absolute Gasteiger partial charge is 0.325 e. The van der Waals surface area contributed by atoms with Gasteiger partial charge in [-0.1, -0.05) is 43.7 Å². The van der Waals surface area contributed by atoms with Crippen LogP contribution >= 0.6 is 0 Å². The maximum absolute atomic E-state index is 13.0. The standard InChI is InChI=1S/C18H24N2O2/c1-12(2)11-19-17-15(9-10-16(17)22-4)20(18(19)21)14-7-5-13(3)6-8-14/h5-10,12,15-17H,11H2,1-4H3/t15-,16-,17-/m1/s1. The summed E-state index contributed by atoms with van der Waals surface area (Å²) in [5, 5.41) is 0. The number of carbonyl (C=O) groups is 1. The van der Waals surface area contributed by atoms with Crippen molar-refractivity contribution in [1.82, 2.24) is 4.90 Å². The third-order valence-electron chi connectivity index (χ3n) is 4.44. The number of carbonyl (C=O) groups excluding carboxylic acids is 1. The van der Waals surface area contributed by atoms with Crippen molar-refractivity contribution in [2.75, 3.05) is 18.6 Å². The van der Waals surface area contributed by atoms with Crippen molar-refractivity contribution in [2.24, 2.45) is 5.92 Å². The summed E-state index contributed by atoms with van der Waals surface area (Å²) < 4.78 is 5.58. The highest BCUT2D eigenvalue weighted by Crippen LogP contribution is 2.36. The molecule has 22 heavy (non-hydrogen) atoms. The zero-order chi connectivity index (χ0) is 15.9. The van der Waals surface area contributed by atoms with Gasteiger partial charge >= 0.3 is 6.03 Å². The molecule has 0 N–H and O–H groups in total. The Morgan fingerprint density at radius 2 is 1.86 bits per heavy atom. The first-order valence-electron chi connectivity index (χ1n) is 7.90. The molecule has 1 heterocycles. The molecule has 1 saturated heterocycles. The van der Waals surface area contributed by atoms with Crippen LogP contribution in [0.3, 0.4) is 0 Å². The van der Waals surface area contributed by atoms with E-state index >= 15 is 0 Å². The van der Waals surface area contributed by atoms with Crippen LogP contribution in [0.15, 0.2) is 36.4 Å². The maximum Gasteiger partial charge on any atom is 0.325 e. The molecule has 1 aliphatic carbocycles. The third kappa shape index (κ3) is 2.41. The summed E-state index contributed by atoms with van der Waals surface area (Å²) in [6.07, 6.45) is 4.16. The molecule has 0 spiro atoms. The molecule has 1 aromatic rings. The summed E-state index contributed by atoms with van der Waals surface area (Å²) in [5.41, 5.74) is 2.15.